The molecule has 0 fully saturated rings. The van der Waals surface area contributed by atoms with E-state index in [1.165, 1.54) is 8.25 Å². The molecule has 1 nitrogen and oxygen atoms in total. The SMILES string of the molecule is [Li][c]1cc2ncccc2s1. The van der Waals surface area contributed by atoms with Crippen LogP contribution in [0.1, 0.15) is 0 Å². The van der Waals surface area contributed by atoms with E-state index in [1.54, 1.807) is 11.3 Å². The summed E-state index contributed by atoms with van der Waals surface area (Å²) in [7, 11) is 0. The monoisotopic (exact) mass is 141 g/mol. The number of rotatable bonds is 0. The maximum absolute atomic E-state index is 4.21. The van der Waals surface area contributed by atoms with Gasteiger partial charge in [-0.2, -0.15) is 0 Å². The van der Waals surface area contributed by atoms with Crippen molar-refractivity contribution in [2.75, 3.05) is 0 Å². The molecule has 0 saturated heterocycles. The first-order valence-corrected chi connectivity index (χ1v) is 3.99. The summed E-state index contributed by atoms with van der Waals surface area (Å²) in [6.07, 6.45) is 1.83. The number of hydrogen-bond donors (Lipinski definition) is 0. The van der Waals surface area contributed by atoms with Gasteiger partial charge in [-0.05, 0) is 0 Å². The van der Waals surface area contributed by atoms with Crippen molar-refractivity contribution < 1.29 is 0 Å². The summed E-state index contributed by atoms with van der Waals surface area (Å²) in [6, 6.07) is 6.18. The molecule has 2 heterocycles. The number of aromatic nitrogens is 1. The molecule has 44 valence electrons. The van der Waals surface area contributed by atoms with Crippen molar-refractivity contribution in [3.05, 3.63) is 24.4 Å². The van der Waals surface area contributed by atoms with Gasteiger partial charge in [-0.3, -0.25) is 0 Å². The van der Waals surface area contributed by atoms with Gasteiger partial charge in [0.1, 0.15) is 0 Å². The van der Waals surface area contributed by atoms with Crippen LogP contribution in [-0.2, 0) is 0 Å². The molecule has 2 rings (SSSR count). The molecule has 0 unspecified atom stereocenters. The van der Waals surface area contributed by atoms with Crippen molar-refractivity contribution >= 4 is 42.8 Å². The molecule has 0 saturated carbocycles. The van der Waals surface area contributed by atoms with Crippen molar-refractivity contribution in [3.8, 4) is 0 Å². The Balaban J connectivity index is 2.88. The zero-order valence-electron chi connectivity index (χ0n) is 5.66. The molecule has 0 amide bonds. The van der Waals surface area contributed by atoms with Crippen molar-refractivity contribution in [2.24, 2.45) is 0 Å². The van der Waals surface area contributed by atoms with E-state index in [0.29, 0.717) is 0 Å². The third kappa shape index (κ3) is 0.991. The fraction of sp³-hybridized carbons (Fsp3) is 0. The van der Waals surface area contributed by atoms with E-state index in [1.807, 2.05) is 12.3 Å². The van der Waals surface area contributed by atoms with Crippen LogP contribution >= 0.6 is 11.3 Å². The van der Waals surface area contributed by atoms with Gasteiger partial charge < -0.3 is 0 Å². The van der Waals surface area contributed by atoms with Crippen molar-refractivity contribution in [1.29, 1.82) is 0 Å². The Hall–Kier alpha value is -0.293. The van der Waals surface area contributed by atoms with Gasteiger partial charge >= 0.3 is 72.2 Å². The molecule has 3 heteroatoms. The number of fused-ring (bicyclic) bond motifs is 1. The van der Waals surface area contributed by atoms with E-state index in [-0.39, 0.29) is 0 Å². The fourth-order valence-corrected chi connectivity index (χ4v) is 1.87. The van der Waals surface area contributed by atoms with Crippen LogP contribution in [0.3, 0.4) is 0 Å². The first kappa shape index (κ1) is 6.42. The molecule has 0 N–H and O–H groups in total. The molecule has 2 aromatic rings. The second-order valence-electron chi connectivity index (χ2n) is 2.24. The Morgan fingerprint density at radius 1 is 1.50 bits per heavy atom. The predicted octanol–water partition coefficient (Wildman–Crippen LogP) is 1.09. The van der Waals surface area contributed by atoms with Crippen molar-refractivity contribution in [2.45, 2.75) is 0 Å². The fourth-order valence-electron chi connectivity index (χ4n) is 0.993. The van der Waals surface area contributed by atoms with Gasteiger partial charge in [0.2, 0.25) is 0 Å². The first-order chi connectivity index (χ1) is 4.86. The van der Waals surface area contributed by atoms with Crippen LogP contribution in [0.4, 0.5) is 0 Å². The van der Waals surface area contributed by atoms with E-state index in [9.17, 15) is 0 Å². The average Bonchev–Trinajstić information content (AvgIpc) is 2.27. The molecule has 0 atom stereocenters. The third-order valence-electron chi connectivity index (χ3n) is 1.41. The summed E-state index contributed by atoms with van der Waals surface area (Å²) in [5.74, 6) is 0. The second kappa shape index (κ2) is 2.39. The molecule has 0 aliphatic carbocycles. The Morgan fingerprint density at radius 3 is 3.20 bits per heavy atom. The summed E-state index contributed by atoms with van der Waals surface area (Å²) in [5, 5.41) is 0. The van der Waals surface area contributed by atoms with Crippen LogP contribution < -0.4 is 3.55 Å². The van der Waals surface area contributed by atoms with Gasteiger partial charge in [-0.1, -0.05) is 0 Å². The summed E-state index contributed by atoms with van der Waals surface area (Å²) in [6.45, 7) is 0. The van der Waals surface area contributed by atoms with Crippen molar-refractivity contribution in [1.82, 2.24) is 4.98 Å². The molecule has 2 aromatic heterocycles. The van der Waals surface area contributed by atoms with Crippen LogP contribution in [0.5, 0.6) is 0 Å². The summed E-state index contributed by atoms with van der Waals surface area (Å²) in [4.78, 5) is 4.21. The minimum absolute atomic E-state index is 1.12. The molecule has 10 heavy (non-hydrogen) atoms. The molecule has 0 aliphatic heterocycles. The van der Waals surface area contributed by atoms with E-state index >= 15 is 0 Å². The number of hydrogen-bond acceptors (Lipinski definition) is 2. The summed E-state index contributed by atoms with van der Waals surface area (Å²) >= 11 is 3.89. The van der Waals surface area contributed by atoms with Gasteiger partial charge in [-0.15, -0.1) is 0 Å². The van der Waals surface area contributed by atoms with Gasteiger partial charge in [0, 0.05) is 0 Å². The van der Waals surface area contributed by atoms with E-state index in [2.05, 4.69) is 34.8 Å². The standard InChI is InChI=1S/C7H4NS.Li/c1-2-7-6(8-4-1)3-5-9-7;/h1-4H;. The van der Waals surface area contributed by atoms with Crippen LogP contribution in [0, 0.1) is 0 Å². The van der Waals surface area contributed by atoms with Crippen molar-refractivity contribution in [3.63, 3.8) is 0 Å². The topological polar surface area (TPSA) is 12.9 Å². The first-order valence-electron chi connectivity index (χ1n) is 3.17. The summed E-state index contributed by atoms with van der Waals surface area (Å²) in [5.41, 5.74) is 1.12. The predicted molar refractivity (Wildman–Crippen MR) is 45.0 cm³/mol. The second-order valence-corrected chi connectivity index (χ2v) is 3.53. The van der Waals surface area contributed by atoms with Crippen LogP contribution in [0.2, 0.25) is 0 Å². The van der Waals surface area contributed by atoms with Gasteiger partial charge in [0.25, 0.3) is 0 Å². The number of pyridine rings is 1. The zero-order chi connectivity index (χ0) is 6.97. The Bertz CT molecular complexity index is 322. The normalized spacial score (nSPS) is 10.6. The van der Waals surface area contributed by atoms with Crippen LogP contribution in [-0.4, -0.2) is 22.7 Å². The molecular formula is C7H4LiNS. The number of thiophene rings is 1. The van der Waals surface area contributed by atoms with E-state index in [0.717, 1.165) is 5.52 Å². The quantitative estimate of drug-likeness (QED) is 0.500. The average molecular weight is 141 g/mol. The minimum atomic E-state index is 1.12. The third-order valence-corrected chi connectivity index (χ3v) is 2.42. The van der Waals surface area contributed by atoms with E-state index < -0.39 is 0 Å². The van der Waals surface area contributed by atoms with Crippen LogP contribution in [0.25, 0.3) is 10.2 Å². The van der Waals surface area contributed by atoms with Gasteiger partial charge in [0.05, 0.1) is 0 Å². The molecule has 0 radical (unpaired) electrons. The summed E-state index contributed by atoms with van der Waals surface area (Å²) < 4.78 is 2.61. The molecule has 0 bridgehead atoms. The Kier molecular flexibility index (Phi) is 1.54. The number of nitrogens with zero attached hydrogens (tertiary/aromatic N) is 1. The Morgan fingerprint density at radius 2 is 2.40 bits per heavy atom. The molecule has 0 aliphatic rings. The Labute approximate surface area is 72.3 Å². The van der Waals surface area contributed by atoms with Crippen LogP contribution in [0.15, 0.2) is 24.4 Å². The maximum atomic E-state index is 4.21. The molecule has 0 aromatic carbocycles. The van der Waals surface area contributed by atoms with Gasteiger partial charge in [-0.25, -0.2) is 0 Å². The zero-order valence-corrected chi connectivity index (χ0v) is 6.48. The van der Waals surface area contributed by atoms with E-state index in [4.69, 9.17) is 0 Å². The van der Waals surface area contributed by atoms with Gasteiger partial charge in [0.15, 0.2) is 0 Å². The molecular weight excluding hydrogens is 137 g/mol. The molecule has 0 spiro atoms.